The number of nitrogens with one attached hydrogen (secondary N) is 2. The number of hydrogen-bond donors (Lipinski definition) is 2. The molecular weight excluding hydrogens is 391 g/mol. The highest BCUT2D eigenvalue weighted by molar-refractivity contribution is 6.04. The second-order valence-corrected chi connectivity index (χ2v) is 6.32. The SMILES string of the molecule is O=C(COC(=O)Cc1ccc(F)cc1)Nc1ccccc1C(=O)NCc1ccco1. The number of halogens is 1. The maximum atomic E-state index is 12.9. The summed E-state index contributed by atoms with van der Waals surface area (Å²) in [5.41, 5.74) is 1.12. The molecule has 0 saturated heterocycles. The average molecular weight is 410 g/mol. The molecule has 0 saturated carbocycles. The summed E-state index contributed by atoms with van der Waals surface area (Å²) in [6, 6.07) is 15.3. The van der Waals surface area contributed by atoms with Gasteiger partial charge in [0.25, 0.3) is 11.8 Å². The van der Waals surface area contributed by atoms with Gasteiger partial charge in [0.05, 0.1) is 30.5 Å². The van der Waals surface area contributed by atoms with Gasteiger partial charge in [-0.25, -0.2) is 4.39 Å². The van der Waals surface area contributed by atoms with E-state index in [1.54, 1.807) is 36.4 Å². The fourth-order valence-corrected chi connectivity index (χ4v) is 2.62. The number of anilines is 1. The molecule has 0 fully saturated rings. The smallest absolute Gasteiger partial charge is 0.310 e. The molecule has 1 aromatic heterocycles. The van der Waals surface area contributed by atoms with Crippen LogP contribution in [-0.4, -0.2) is 24.4 Å². The molecule has 0 aliphatic heterocycles. The standard InChI is InChI=1S/C22H19FN2O5/c23-16-9-7-15(8-10-16)12-21(27)30-14-20(26)25-19-6-2-1-5-18(19)22(28)24-13-17-4-3-11-29-17/h1-11H,12-14H2,(H,24,28)(H,25,26). The Hall–Kier alpha value is -3.94. The van der Waals surface area contributed by atoms with Crippen molar-refractivity contribution in [3.05, 3.63) is 89.6 Å². The number of amides is 2. The number of rotatable bonds is 8. The average Bonchev–Trinajstić information content (AvgIpc) is 3.26. The number of hydrogen-bond acceptors (Lipinski definition) is 5. The topological polar surface area (TPSA) is 97.6 Å². The van der Waals surface area contributed by atoms with Crippen LogP contribution in [0.3, 0.4) is 0 Å². The van der Waals surface area contributed by atoms with E-state index < -0.39 is 30.2 Å². The maximum absolute atomic E-state index is 12.9. The Balaban J connectivity index is 1.51. The molecule has 8 heteroatoms. The molecule has 2 N–H and O–H groups in total. The molecule has 3 rings (SSSR count). The van der Waals surface area contributed by atoms with Gasteiger partial charge in [0.2, 0.25) is 0 Å². The van der Waals surface area contributed by atoms with E-state index >= 15 is 0 Å². The van der Waals surface area contributed by atoms with Gasteiger partial charge in [-0.05, 0) is 42.0 Å². The summed E-state index contributed by atoms with van der Waals surface area (Å²) in [4.78, 5) is 36.4. The molecule has 0 radical (unpaired) electrons. The highest BCUT2D eigenvalue weighted by Gasteiger charge is 2.15. The first-order valence-electron chi connectivity index (χ1n) is 9.11. The van der Waals surface area contributed by atoms with Gasteiger partial charge in [0.15, 0.2) is 6.61 Å². The highest BCUT2D eigenvalue weighted by Crippen LogP contribution is 2.15. The number of carbonyl (C=O) groups is 3. The van der Waals surface area contributed by atoms with Crippen molar-refractivity contribution < 1.29 is 27.9 Å². The highest BCUT2D eigenvalue weighted by atomic mass is 19.1. The zero-order valence-corrected chi connectivity index (χ0v) is 15.9. The zero-order chi connectivity index (χ0) is 21.3. The molecule has 1 heterocycles. The predicted molar refractivity (Wildman–Crippen MR) is 106 cm³/mol. The van der Waals surface area contributed by atoms with E-state index in [1.165, 1.54) is 30.5 Å². The van der Waals surface area contributed by atoms with E-state index in [-0.39, 0.29) is 24.2 Å². The van der Waals surface area contributed by atoms with E-state index in [0.717, 1.165) is 0 Å². The molecule has 0 bridgehead atoms. The van der Waals surface area contributed by atoms with Crippen molar-refractivity contribution in [2.24, 2.45) is 0 Å². The Kier molecular flexibility index (Phi) is 6.94. The molecule has 3 aromatic rings. The van der Waals surface area contributed by atoms with Gasteiger partial charge in [-0.1, -0.05) is 24.3 Å². The van der Waals surface area contributed by atoms with Crippen molar-refractivity contribution in [3.63, 3.8) is 0 Å². The number of benzene rings is 2. The van der Waals surface area contributed by atoms with E-state index in [4.69, 9.17) is 9.15 Å². The summed E-state index contributed by atoms with van der Waals surface area (Å²) in [5, 5.41) is 5.26. The summed E-state index contributed by atoms with van der Waals surface area (Å²) in [6.45, 7) is -0.308. The van der Waals surface area contributed by atoms with Crippen molar-refractivity contribution in [1.82, 2.24) is 5.32 Å². The Bertz CT molecular complexity index is 1020. The van der Waals surface area contributed by atoms with E-state index in [2.05, 4.69) is 10.6 Å². The van der Waals surface area contributed by atoms with Crippen LogP contribution in [0.15, 0.2) is 71.3 Å². The Morgan fingerprint density at radius 2 is 1.73 bits per heavy atom. The first-order valence-corrected chi connectivity index (χ1v) is 9.11. The van der Waals surface area contributed by atoms with Gasteiger partial charge < -0.3 is 19.8 Å². The number of furan rings is 1. The van der Waals surface area contributed by atoms with E-state index in [1.807, 2.05) is 0 Å². The van der Waals surface area contributed by atoms with Crippen LogP contribution in [0.2, 0.25) is 0 Å². The van der Waals surface area contributed by atoms with Crippen molar-refractivity contribution in [3.8, 4) is 0 Å². The summed E-state index contributed by atoms with van der Waals surface area (Å²) < 4.78 is 23.0. The quantitative estimate of drug-likeness (QED) is 0.556. The summed E-state index contributed by atoms with van der Waals surface area (Å²) in [7, 11) is 0. The largest absolute Gasteiger partial charge is 0.467 e. The van der Waals surface area contributed by atoms with Gasteiger partial charge in [0, 0.05) is 0 Å². The lowest BCUT2D eigenvalue weighted by Gasteiger charge is -2.11. The van der Waals surface area contributed by atoms with Crippen LogP contribution in [0, 0.1) is 5.82 Å². The van der Waals surface area contributed by atoms with Crippen LogP contribution < -0.4 is 10.6 Å². The second-order valence-electron chi connectivity index (χ2n) is 6.32. The number of ether oxygens (including phenoxy) is 1. The molecule has 0 aliphatic rings. The fourth-order valence-electron chi connectivity index (χ4n) is 2.62. The number of para-hydroxylation sites is 1. The fraction of sp³-hybridized carbons (Fsp3) is 0.136. The van der Waals surface area contributed by atoms with Gasteiger partial charge in [-0.15, -0.1) is 0 Å². The van der Waals surface area contributed by atoms with E-state index in [0.29, 0.717) is 11.3 Å². The molecular formula is C22H19FN2O5. The van der Waals surface area contributed by atoms with Gasteiger partial charge in [-0.3, -0.25) is 14.4 Å². The maximum Gasteiger partial charge on any atom is 0.310 e. The van der Waals surface area contributed by atoms with Gasteiger partial charge in [0.1, 0.15) is 11.6 Å². The number of carbonyl (C=O) groups excluding carboxylic acids is 3. The molecule has 30 heavy (non-hydrogen) atoms. The van der Waals surface area contributed by atoms with Crippen LogP contribution in [-0.2, 0) is 27.3 Å². The Morgan fingerprint density at radius 1 is 0.967 bits per heavy atom. The van der Waals surface area contributed by atoms with Crippen LogP contribution in [0.25, 0.3) is 0 Å². The number of esters is 1. The summed E-state index contributed by atoms with van der Waals surface area (Å²) in [6.07, 6.45) is 1.42. The third-order valence-corrected chi connectivity index (χ3v) is 4.08. The predicted octanol–water partition coefficient (Wildman–Crippen LogP) is 3.07. The lowest BCUT2D eigenvalue weighted by Crippen LogP contribution is -2.26. The molecule has 2 amide bonds. The van der Waals surface area contributed by atoms with Crippen LogP contribution >= 0.6 is 0 Å². The summed E-state index contributed by atoms with van der Waals surface area (Å²) >= 11 is 0. The van der Waals surface area contributed by atoms with Gasteiger partial charge >= 0.3 is 5.97 Å². The van der Waals surface area contributed by atoms with Crippen molar-refractivity contribution in [2.75, 3.05) is 11.9 Å². The minimum atomic E-state index is -0.624. The van der Waals surface area contributed by atoms with Crippen molar-refractivity contribution in [1.29, 1.82) is 0 Å². The van der Waals surface area contributed by atoms with Crippen LogP contribution in [0.1, 0.15) is 21.7 Å². The molecule has 0 aliphatic carbocycles. The minimum absolute atomic E-state index is 0.0840. The van der Waals surface area contributed by atoms with Crippen molar-refractivity contribution in [2.45, 2.75) is 13.0 Å². The Labute approximate surface area is 171 Å². The first-order chi connectivity index (χ1) is 14.5. The molecule has 7 nitrogen and oxygen atoms in total. The molecule has 0 spiro atoms. The first kappa shape index (κ1) is 20.8. The minimum Gasteiger partial charge on any atom is -0.467 e. The molecule has 154 valence electrons. The summed E-state index contributed by atoms with van der Waals surface area (Å²) in [5.74, 6) is -1.41. The monoisotopic (exact) mass is 410 g/mol. The van der Waals surface area contributed by atoms with Crippen molar-refractivity contribution >= 4 is 23.5 Å². The molecule has 0 atom stereocenters. The zero-order valence-electron chi connectivity index (χ0n) is 15.9. The van der Waals surface area contributed by atoms with E-state index in [9.17, 15) is 18.8 Å². The third-order valence-electron chi connectivity index (χ3n) is 4.08. The normalized spacial score (nSPS) is 10.3. The molecule has 0 unspecified atom stereocenters. The molecule has 2 aromatic carbocycles. The third kappa shape index (κ3) is 6.03. The van der Waals surface area contributed by atoms with Crippen LogP contribution in [0.4, 0.5) is 10.1 Å². The lowest BCUT2D eigenvalue weighted by molar-refractivity contribution is -0.146. The Morgan fingerprint density at radius 3 is 2.47 bits per heavy atom. The van der Waals surface area contributed by atoms with Crippen LogP contribution in [0.5, 0.6) is 0 Å². The lowest BCUT2D eigenvalue weighted by atomic mass is 10.1. The van der Waals surface area contributed by atoms with Gasteiger partial charge in [-0.2, -0.15) is 0 Å². The second kappa shape index (κ2) is 10.0.